The van der Waals surface area contributed by atoms with Crippen LogP contribution in [0, 0.1) is 5.92 Å². The Labute approximate surface area is 122 Å². The molecule has 1 fully saturated rings. The van der Waals surface area contributed by atoms with E-state index in [1.54, 1.807) is 0 Å². The van der Waals surface area contributed by atoms with Crippen LogP contribution in [-0.4, -0.2) is 75.6 Å². The van der Waals surface area contributed by atoms with Crippen LogP contribution in [0.5, 0.6) is 0 Å². The highest BCUT2D eigenvalue weighted by Gasteiger charge is 2.25. The second-order valence-corrected chi connectivity index (χ2v) is 5.77. The minimum Gasteiger partial charge on any atom is -0.449 e. The van der Waals surface area contributed by atoms with Gasteiger partial charge in [-0.15, -0.1) is 0 Å². The molecule has 1 aliphatic heterocycles. The van der Waals surface area contributed by atoms with Gasteiger partial charge in [0, 0.05) is 19.6 Å². The molecule has 0 saturated carbocycles. The molecule has 1 N–H and O–H groups in total. The van der Waals surface area contributed by atoms with E-state index < -0.39 is 0 Å². The summed E-state index contributed by atoms with van der Waals surface area (Å²) in [5.41, 5.74) is 0. The van der Waals surface area contributed by atoms with E-state index in [4.69, 9.17) is 9.47 Å². The molecule has 118 valence electrons. The van der Waals surface area contributed by atoms with E-state index in [1.807, 2.05) is 14.1 Å². The van der Waals surface area contributed by atoms with Gasteiger partial charge in [0.25, 0.3) is 0 Å². The first-order valence-corrected chi connectivity index (χ1v) is 7.40. The van der Waals surface area contributed by atoms with Crippen LogP contribution in [-0.2, 0) is 9.47 Å². The fourth-order valence-electron chi connectivity index (χ4n) is 2.24. The maximum absolute atomic E-state index is 11.8. The molecule has 0 bridgehead atoms. The third kappa shape index (κ3) is 6.54. The van der Waals surface area contributed by atoms with Crippen molar-refractivity contribution in [1.82, 2.24) is 15.1 Å². The van der Waals surface area contributed by atoms with Gasteiger partial charge in [-0.1, -0.05) is 13.8 Å². The molecule has 1 atom stereocenters. The van der Waals surface area contributed by atoms with Crippen LogP contribution in [0.2, 0.25) is 0 Å². The second kappa shape index (κ2) is 9.15. The number of carbonyl (C=O) groups excluding carboxylic acids is 1. The van der Waals surface area contributed by atoms with Crippen molar-refractivity contribution in [3.05, 3.63) is 0 Å². The molecule has 0 radical (unpaired) electrons. The summed E-state index contributed by atoms with van der Waals surface area (Å²) in [6, 6.07) is 0. The summed E-state index contributed by atoms with van der Waals surface area (Å²) >= 11 is 0. The first kappa shape index (κ1) is 17.2. The van der Waals surface area contributed by atoms with E-state index in [2.05, 4.69) is 29.0 Å². The van der Waals surface area contributed by atoms with Gasteiger partial charge >= 0.3 is 6.09 Å². The summed E-state index contributed by atoms with van der Waals surface area (Å²) in [5.74, 6) is 0.336. The number of nitrogens with one attached hydrogen (secondary N) is 1. The zero-order valence-electron chi connectivity index (χ0n) is 13.2. The lowest BCUT2D eigenvalue weighted by Gasteiger charge is -2.36. The Morgan fingerprint density at radius 3 is 2.55 bits per heavy atom. The summed E-state index contributed by atoms with van der Waals surface area (Å²) in [5, 5.41) is 2.97. The van der Waals surface area contributed by atoms with Gasteiger partial charge in [0.2, 0.25) is 0 Å². The van der Waals surface area contributed by atoms with Crippen LogP contribution >= 0.6 is 0 Å². The lowest BCUT2D eigenvalue weighted by Crippen LogP contribution is -2.54. The fraction of sp³-hybridized carbons (Fsp3) is 0.929. The van der Waals surface area contributed by atoms with Crippen LogP contribution in [0.15, 0.2) is 0 Å². The smallest absolute Gasteiger partial charge is 0.408 e. The molecule has 1 aliphatic rings. The highest BCUT2D eigenvalue weighted by atomic mass is 16.5. The first-order valence-electron chi connectivity index (χ1n) is 7.40. The van der Waals surface area contributed by atoms with Crippen molar-refractivity contribution in [2.45, 2.75) is 26.4 Å². The number of rotatable bonds is 7. The van der Waals surface area contributed by atoms with Crippen molar-refractivity contribution >= 4 is 6.09 Å². The summed E-state index contributed by atoms with van der Waals surface area (Å²) in [6.07, 6.45) is 0.541. The zero-order valence-corrected chi connectivity index (χ0v) is 13.2. The fourth-order valence-corrected chi connectivity index (χ4v) is 2.24. The van der Waals surface area contributed by atoms with Gasteiger partial charge in [-0.25, -0.2) is 4.79 Å². The van der Waals surface area contributed by atoms with Gasteiger partial charge in [0.1, 0.15) is 0 Å². The van der Waals surface area contributed by atoms with Crippen LogP contribution in [0.1, 0.15) is 20.3 Å². The SMILES string of the molecule is CC(C)C(NC(=O)OCCCN(C)C)N1CCOCC1. The van der Waals surface area contributed by atoms with Crippen molar-refractivity contribution in [2.24, 2.45) is 5.92 Å². The van der Waals surface area contributed by atoms with Crippen LogP contribution in [0.4, 0.5) is 4.79 Å². The van der Waals surface area contributed by atoms with Crippen LogP contribution in [0.3, 0.4) is 0 Å². The third-order valence-electron chi connectivity index (χ3n) is 3.32. The Hall–Kier alpha value is -0.850. The highest BCUT2D eigenvalue weighted by Crippen LogP contribution is 2.10. The largest absolute Gasteiger partial charge is 0.449 e. The summed E-state index contributed by atoms with van der Waals surface area (Å²) in [7, 11) is 4.01. The number of hydrogen-bond acceptors (Lipinski definition) is 5. The van der Waals surface area contributed by atoms with Crippen LogP contribution in [0.25, 0.3) is 0 Å². The Balaban J connectivity index is 2.31. The molecule has 1 unspecified atom stereocenters. The number of amides is 1. The molecule has 1 saturated heterocycles. The average Bonchev–Trinajstić information content (AvgIpc) is 2.41. The molecule has 0 spiro atoms. The topological polar surface area (TPSA) is 54.0 Å². The lowest BCUT2D eigenvalue weighted by atomic mass is 10.1. The molecule has 0 aromatic heterocycles. The Kier molecular flexibility index (Phi) is 7.87. The molecule has 1 heterocycles. The van der Waals surface area contributed by atoms with E-state index in [-0.39, 0.29) is 12.3 Å². The number of carbonyl (C=O) groups is 1. The molecule has 0 aliphatic carbocycles. The summed E-state index contributed by atoms with van der Waals surface area (Å²) in [6.45, 7) is 8.74. The second-order valence-electron chi connectivity index (χ2n) is 5.77. The molecule has 6 heteroatoms. The van der Waals surface area contributed by atoms with Gasteiger partial charge in [-0.3, -0.25) is 4.90 Å². The minimum absolute atomic E-state index is 0.0141. The van der Waals surface area contributed by atoms with Crippen LogP contribution < -0.4 is 5.32 Å². The number of alkyl carbamates (subject to hydrolysis) is 1. The normalized spacial score (nSPS) is 18.3. The van der Waals surface area contributed by atoms with Crippen molar-refractivity contribution in [1.29, 1.82) is 0 Å². The summed E-state index contributed by atoms with van der Waals surface area (Å²) < 4.78 is 10.6. The molecule has 6 nitrogen and oxygen atoms in total. The number of nitrogens with zero attached hydrogens (tertiary/aromatic N) is 2. The first-order chi connectivity index (χ1) is 9.50. The predicted octanol–water partition coefficient (Wildman–Crippen LogP) is 0.979. The van der Waals surface area contributed by atoms with E-state index in [1.165, 1.54) is 0 Å². The van der Waals surface area contributed by atoms with E-state index in [0.29, 0.717) is 12.5 Å². The minimum atomic E-state index is -0.325. The monoisotopic (exact) mass is 287 g/mol. The number of hydrogen-bond donors (Lipinski definition) is 1. The van der Waals surface area contributed by atoms with Gasteiger partial charge in [0.15, 0.2) is 0 Å². The number of ether oxygens (including phenoxy) is 2. The maximum atomic E-state index is 11.8. The number of morpholine rings is 1. The quantitative estimate of drug-likeness (QED) is 0.707. The van der Waals surface area contributed by atoms with Gasteiger partial charge < -0.3 is 19.7 Å². The van der Waals surface area contributed by atoms with E-state index in [0.717, 1.165) is 39.3 Å². The molecule has 1 amide bonds. The van der Waals surface area contributed by atoms with Gasteiger partial charge in [0.05, 0.1) is 26.0 Å². The predicted molar refractivity (Wildman–Crippen MR) is 78.7 cm³/mol. The third-order valence-corrected chi connectivity index (χ3v) is 3.32. The van der Waals surface area contributed by atoms with Crippen molar-refractivity contribution in [2.75, 3.05) is 53.6 Å². The molecule has 0 aromatic carbocycles. The maximum Gasteiger partial charge on any atom is 0.408 e. The van der Waals surface area contributed by atoms with Gasteiger partial charge in [-0.05, 0) is 26.4 Å². The highest BCUT2D eigenvalue weighted by molar-refractivity contribution is 5.67. The molecular formula is C14H29N3O3. The van der Waals surface area contributed by atoms with Crippen molar-refractivity contribution < 1.29 is 14.3 Å². The van der Waals surface area contributed by atoms with E-state index in [9.17, 15) is 4.79 Å². The van der Waals surface area contributed by atoms with E-state index >= 15 is 0 Å². The Morgan fingerprint density at radius 2 is 2.00 bits per heavy atom. The molecular weight excluding hydrogens is 258 g/mol. The molecule has 1 rings (SSSR count). The molecule has 0 aromatic rings. The summed E-state index contributed by atoms with van der Waals surface area (Å²) in [4.78, 5) is 16.2. The Morgan fingerprint density at radius 1 is 1.35 bits per heavy atom. The van der Waals surface area contributed by atoms with Gasteiger partial charge in [-0.2, -0.15) is 0 Å². The standard InChI is InChI=1S/C14H29N3O3/c1-12(2)13(17-7-10-19-11-8-17)15-14(18)20-9-5-6-16(3)4/h12-13H,5-11H2,1-4H3,(H,15,18). The van der Waals surface area contributed by atoms with Crippen molar-refractivity contribution in [3.63, 3.8) is 0 Å². The molecule has 20 heavy (non-hydrogen) atoms. The zero-order chi connectivity index (χ0) is 15.0. The lowest BCUT2D eigenvalue weighted by molar-refractivity contribution is -0.00340. The van der Waals surface area contributed by atoms with Crippen molar-refractivity contribution in [3.8, 4) is 0 Å². The average molecular weight is 287 g/mol. The Bertz CT molecular complexity index is 279.